The van der Waals surface area contributed by atoms with Gasteiger partial charge in [-0.05, 0) is 62.8 Å². The molecule has 5 heteroatoms. The Kier molecular flexibility index (Phi) is 6.73. The van der Waals surface area contributed by atoms with E-state index in [-0.39, 0.29) is 0 Å². The van der Waals surface area contributed by atoms with Gasteiger partial charge in [0.2, 0.25) is 0 Å². The minimum atomic E-state index is 0.409. The summed E-state index contributed by atoms with van der Waals surface area (Å²) < 4.78 is 5.26. The molecule has 4 nitrogen and oxygen atoms in total. The van der Waals surface area contributed by atoms with Gasteiger partial charge in [-0.3, -0.25) is 0 Å². The summed E-state index contributed by atoms with van der Waals surface area (Å²) >= 11 is 1.74. The molecule has 0 saturated heterocycles. The minimum Gasteiger partial charge on any atom is -0.379 e. The van der Waals surface area contributed by atoms with Crippen molar-refractivity contribution >= 4 is 22.6 Å². The Morgan fingerprint density at radius 1 is 1.36 bits per heavy atom. The van der Waals surface area contributed by atoms with E-state index < -0.39 is 0 Å². The van der Waals surface area contributed by atoms with E-state index in [4.69, 9.17) is 15.1 Å². The van der Waals surface area contributed by atoms with Crippen LogP contribution in [0.15, 0.2) is 12.1 Å². The number of hydrogen-bond donors (Lipinski definition) is 2. The zero-order chi connectivity index (χ0) is 18.6. The van der Waals surface area contributed by atoms with Crippen LogP contribution >= 0.6 is 11.3 Å². The van der Waals surface area contributed by atoms with Crippen LogP contribution in [0.25, 0.3) is 16.1 Å². The Balaban J connectivity index is 2.49. The maximum Gasteiger partial charge on any atom is 0.134 e. The second-order valence-corrected chi connectivity index (χ2v) is 7.65. The van der Waals surface area contributed by atoms with E-state index in [0.29, 0.717) is 18.2 Å². The van der Waals surface area contributed by atoms with Gasteiger partial charge in [0.05, 0.1) is 11.5 Å². The normalized spacial score (nSPS) is 12.2. The summed E-state index contributed by atoms with van der Waals surface area (Å²) in [6, 6.07) is 2.18. The molecular formula is C20H29N3OS. The fourth-order valence-electron chi connectivity index (χ4n) is 3.16. The molecule has 136 valence electrons. The van der Waals surface area contributed by atoms with Crippen molar-refractivity contribution in [2.45, 2.75) is 54.1 Å². The van der Waals surface area contributed by atoms with E-state index in [1.54, 1.807) is 18.4 Å². The van der Waals surface area contributed by atoms with Crippen LogP contribution in [-0.4, -0.2) is 22.8 Å². The third-order valence-corrected chi connectivity index (χ3v) is 5.64. The number of nitrogens with one attached hydrogen (secondary N) is 2. The van der Waals surface area contributed by atoms with Gasteiger partial charge < -0.3 is 15.1 Å². The number of allylic oxidation sites excluding steroid dienone is 2. The highest BCUT2D eigenvalue weighted by molar-refractivity contribution is 7.15. The summed E-state index contributed by atoms with van der Waals surface area (Å²) in [7, 11) is 1.72. The number of aromatic nitrogens is 2. The molecule has 0 fully saturated rings. The Bertz CT molecular complexity index is 766. The Morgan fingerprint density at radius 2 is 2.04 bits per heavy atom. The van der Waals surface area contributed by atoms with Crippen LogP contribution in [0, 0.1) is 25.2 Å². The maximum absolute atomic E-state index is 7.90. The summed E-state index contributed by atoms with van der Waals surface area (Å²) in [5.74, 6) is 1.31. The number of ether oxygens (including phenoxy) is 1. The number of imidazole rings is 1. The highest BCUT2D eigenvalue weighted by Crippen LogP contribution is 2.36. The molecule has 0 aliphatic carbocycles. The molecule has 0 bridgehead atoms. The summed E-state index contributed by atoms with van der Waals surface area (Å²) in [6.45, 7) is 11.0. The van der Waals surface area contributed by atoms with Crippen molar-refractivity contribution in [2.24, 2.45) is 5.92 Å². The predicted octanol–water partition coefficient (Wildman–Crippen LogP) is 5.76. The second kappa shape index (κ2) is 8.59. The molecule has 2 N–H and O–H groups in total. The second-order valence-electron chi connectivity index (χ2n) is 6.51. The molecular weight excluding hydrogens is 330 g/mol. The number of hydrogen-bond acceptors (Lipinski definition) is 4. The Hall–Kier alpha value is -1.72. The molecule has 2 rings (SSSR count). The molecule has 0 amide bonds. The van der Waals surface area contributed by atoms with Gasteiger partial charge in [-0.15, -0.1) is 11.3 Å². The molecule has 0 radical (unpaired) electrons. The number of nitrogens with zero attached hydrogens (tertiary/aromatic N) is 1. The van der Waals surface area contributed by atoms with Gasteiger partial charge in [-0.2, -0.15) is 0 Å². The maximum atomic E-state index is 7.90. The Labute approximate surface area is 154 Å². The lowest BCUT2D eigenvalue weighted by molar-refractivity contribution is 0.187. The number of thiophene rings is 1. The van der Waals surface area contributed by atoms with Crippen LogP contribution in [-0.2, 0) is 11.3 Å². The molecule has 0 unspecified atom stereocenters. The first-order valence-electron chi connectivity index (χ1n) is 8.83. The average Bonchev–Trinajstić information content (AvgIpc) is 3.10. The van der Waals surface area contributed by atoms with E-state index in [0.717, 1.165) is 35.6 Å². The van der Waals surface area contributed by atoms with E-state index in [9.17, 15) is 0 Å². The highest BCUT2D eigenvalue weighted by Gasteiger charge is 2.20. The van der Waals surface area contributed by atoms with Gasteiger partial charge in [-0.25, -0.2) is 4.98 Å². The first-order valence-corrected chi connectivity index (χ1v) is 9.65. The molecule has 0 spiro atoms. The van der Waals surface area contributed by atoms with Crippen molar-refractivity contribution in [2.75, 3.05) is 7.11 Å². The van der Waals surface area contributed by atoms with Crippen molar-refractivity contribution in [3.05, 3.63) is 34.1 Å². The van der Waals surface area contributed by atoms with E-state index in [1.807, 2.05) is 13.0 Å². The van der Waals surface area contributed by atoms with Gasteiger partial charge in [0, 0.05) is 23.4 Å². The van der Waals surface area contributed by atoms with Gasteiger partial charge >= 0.3 is 0 Å². The summed E-state index contributed by atoms with van der Waals surface area (Å²) in [6.07, 6.45) is 4.04. The summed E-state index contributed by atoms with van der Waals surface area (Å²) in [5.41, 5.74) is 5.02. The molecule has 2 aromatic rings. The third-order valence-electron chi connectivity index (χ3n) is 4.43. The molecule has 2 heterocycles. The number of methoxy groups -OCH3 is 1. The zero-order valence-corrected chi connectivity index (χ0v) is 16.9. The van der Waals surface area contributed by atoms with Crippen LogP contribution in [0.1, 0.15) is 55.6 Å². The largest absolute Gasteiger partial charge is 0.379 e. The summed E-state index contributed by atoms with van der Waals surface area (Å²) in [5, 5.41) is 7.90. The highest BCUT2D eigenvalue weighted by atomic mass is 32.1. The number of aromatic amines is 1. The minimum absolute atomic E-state index is 0.409. The smallest absolute Gasteiger partial charge is 0.134 e. The monoisotopic (exact) mass is 359 g/mol. The first kappa shape index (κ1) is 19.6. The van der Waals surface area contributed by atoms with Gasteiger partial charge in [0.25, 0.3) is 0 Å². The lowest BCUT2D eigenvalue weighted by atomic mass is 9.92. The quantitative estimate of drug-likeness (QED) is 0.589. The fraction of sp³-hybridized carbons (Fsp3) is 0.500. The van der Waals surface area contributed by atoms with E-state index in [1.165, 1.54) is 15.3 Å². The fourth-order valence-corrected chi connectivity index (χ4v) is 4.35. The number of rotatable bonds is 8. The lowest BCUT2D eigenvalue weighted by Crippen LogP contribution is -2.04. The van der Waals surface area contributed by atoms with Crippen LogP contribution in [0.2, 0.25) is 0 Å². The van der Waals surface area contributed by atoms with Crippen molar-refractivity contribution in [1.29, 1.82) is 5.41 Å². The number of H-pyrrole nitrogens is 1. The molecule has 25 heavy (non-hydrogen) atoms. The van der Waals surface area contributed by atoms with Crippen LogP contribution < -0.4 is 0 Å². The predicted molar refractivity (Wildman–Crippen MR) is 108 cm³/mol. The van der Waals surface area contributed by atoms with E-state index >= 15 is 0 Å². The topological polar surface area (TPSA) is 61.8 Å². The van der Waals surface area contributed by atoms with E-state index in [2.05, 4.69) is 38.7 Å². The lowest BCUT2D eigenvalue weighted by Gasteiger charge is -2.15. The van der Waals surface area contributed by atoms with Crippen molar-refractivity contribution in [1.82, 2.24) is 9.97 Å². The third kappa shape index (κ3) is 4.47. The molecule has 2 aromatic heterocycles. The van der Waals surface area contributed by atoms with Crippen LogP contribution in [0.3, 0.4) is 0 Å². The molecule has 0 aliphatic rings. The van der Waals surface area contributed by atoms with Crippen molar-refractivity contribution in [3.8, 4) is 10.6 Å². The average molecular weight is 360 g/mol. The molecule has 0 aliphatic heterocycles. The van der Waals surface area contributed by atoms with Gasteiger partial charge in [-0.1, -0.05) is 13.8 Å². The number of aryl methyl sites for hydroxylation is 2. The zero-order valence-electron chi connectivity index (χ0n) is 16.1. The Morgan fingerprint density at radius 3 is 2.60 bits per heavy atom. The van der Waals surface area contributed by atoms with Crippen LogP contribution in [0.5, 0.6) is 0 Å². The van der Waals surface area contributed by atoms with Crippen molar-refractivity contribution < 1.29 is 4.74 Å². The van der Waals surface area contributed by atoms with Crippen molar-refractivity contribution in [3.63, 3.8) is 0 Å². The van der Waals surface area contributed by atoms with Gasteiger partial charge in [0.15, 0.2) is 0 Å². The molecule has 0 saturated carbocycles. The SMILES string of the molecule is CCC(CC)/C(=C/C(C)=N)c1nc(-c2sc(COC)cc2C)c(C)[nH]1. The summed E-state index contributed by atoms with van der Waals surface area (Å²) in [4.78, 5) is 10.8. The molecule has 0 atom stereocenters. The molecule has 0 aromatic carbocycles. The van der Waals surface area contributed by atoms with Gasteiger partial charge in [0.1, 0.15) is 11.5 Å². The first-order chi connectivity index (χ1) is 11.9. The standard InChI is InChI=1S/C20H29N3OS/c1-7-15(8-2)17(10-13(4)21)20-22-14(5)18(23-20)19-12(3)9-16(25-19)11-24-6/h9-10,15,21H,7-8,11H2,1-6H3,(H,22,23)/b17-10-,21-13?. The van der Waals surface area contributed by atoms with Crippen LogP contribution in [0.4, 0.5) is 0 Å².